The quantitative estimate of drug-likeness (QED) is 0.477. The molecule has 0 bridgehead atoms. The normalized spacial score (nSPS) is 13.2. The zero-order valence-electron chi connectivity index (χ0n) is 14.7. The van der Waals surface area contributed by atoms with Gasteiger partial charge in [-0.3, -0.25) is 10.5 Å². The Balaban J connectivity index is 2.21. The molecule has 1 atom stereocenters. The lowest BCUT2D eigenvalue weighted by molar-refractivity contribution is -0.147. The van der Waals surface area contributed by atoms with Gasteiger partial charge >= 0.3 is 11.6 Å². The van der Waals surface area contributed by atoms with Crippen LogP contribution in [0.1, 0.15) is 31.7 Å². The van der Waals surface area contributed by atoms with Gasteiger partial charge in [0.15, 0.2) is 5.66 Å². The van der Waals surface area contributed by atoms with Crippen molar-refractivity contribution in [3.63, 3.8) is 0 Å². The monoisotopic (exact) mass is 362 g/mol. The first-order valence-electron chi connectivity index (χ1n) is 8.23. The van der Waals surface area contributed by atoms with Gasteiger partial charge in [-0.25, -0.2) is 9.59 Å². The van der Waals surface area contributed by atoms with E-state index in [1.807, 2.05) is 6.92 Å². The molecule has 0 saturated heterocycles. The van der Waals surface area contributed by atoms with Crippen molar-refractivity contribution < 1.29 is 23.8 Å². The van der Waals surface area contributed by atoms with E-state index in [-0.39, 0.29) is 18.4 Å². The lowest BCUT2D eigenvalue weighted by Crippen LogP contribution is -2.61. The van der Waals surface area contributed by atoms with Crippen LogP contribution in [0.15, 0.2) is 33.5 Å². The van der Waals surface area contributed by atoms with E-state index < -0.39 is 23.2 Å². The largest absolute Gasteiger partial charge is 0.497 e. The number of ether oxygens (including phenoxy) is 1. The van der Waals surface area contributed by atoms with Crippen LogP contribution < -0.4 is 21.4 Å². The van der Waals surface area contributed by atoms with Crippen LogP contribution in [0.2, 0.25) is 0 Å². The van der Waals surface area contributed by atoms with E-state index in [0.717, 1.165) is 6.42 Å². The summed E-state index contributed by atoms with van der Waals surface area (Å²) >= 11 is 0. The average Bonchev–Trinajstić information content (AvgIpc) is 2.60. The SMILES string of the molecule is CCCCC(N)(NC(=O)Cc1cc2ccc(OC)cc2oc1=O)C(=O)O. The Morgan fingerprint density at radius 3 is 2.69 bits per heavy atom. The first kappa shape index (κ1) is 19.5. The summed E-state index contributed by atoms with van der Waals surface area (Å²) in [6.07, 6.45) is 1.04. The molecule has 1 aromatic carbocycles. The minimum Gasteiger partial charge on any atom is -0.497 e. The Hall–Kier alpha value is -2.87. The van der Waals surface area contributed by atoms with Crippen molar-refractivity contribution in [3.05, 3.63) is 40.2 Å². The Labute approximate surface area is 149 Å². The van der Waals surface area contributed by atoms with Crippen molar-refractivity contribution in [2.45, 2.75) is 38.3 Å². The number of hydrogen-bond acceptors (Lipinski definition) is 6. The molecule has 1 heterocycles. The number of carboxylic acid groups (broad SMARTS) is 1. The first-order chi connectivity index (χ1) is 12.3. The summed E-state index contributed by atoms with van der Waals surface area (Å²) in [5, 5.41) is 12.2. The smallest absolute Gasteiger partial charge is 0.344 e. The van der Waals surface area contributed by atoms with Gasteiger partial charge in [0.05, 0.1) is 13.5 Å². The predicted molar refractivity (Wildman–Crippen MR) is 95.0 cm³/mol. The number of methoxy groups -OCH3 is 1. The molecule has 140 valence electrons. The highest BCUT2D eigenvalue weighted by molar-refractivity contribution is 5.88. The fourth-order valence-electron chi connectivity index (χ4n) is 2.53. The summed E-state index contributed by atoms with van der Waals surface area (Å²) in [6.45, 7) is 1.89. The van der Waals surface area contributed by atoms with Crippen LogP contribution in [0, 0.1) is 0 Å². The fraction of sp³-hybridized carbons (Fsp3) is 0.389. The van der Waals surface area contributed by atoms with Gasteiger partial charge in [-0.2, -0.15) is 0 Å². The molecule has 0 saturated carbocycles. The predicted octanol–water partition coefficient (Wildman–Crippen LogP) is 1.39. The Morgan fingerprint density at radius 2 is 2.08 bits per heavy atom. The molecule has 8 nitrogen and oxygen atoms in total. The third-order valence-corrected chi connectivity index (χ3v) is 4.04. The molecule has 0 fully saturated rings. The highest BCUT2D eigenvalue weighted by Crippen LogP contribution is 2.20. The van der Waals surface area contributed by atoms with E-state index in [1.54, 1.807) is 18.2 Å². The van der Waals surface area contributed by atoms with E-state index in [1.165, 1.54) is 13.2 Å². The molecule has 1 amide bonds. The highest BCUT2D eigenvalue weighted by Gasteiger charge is 2.35. The zero-order valence-corrected chi connectivity index (χ0v) is 14.7. The molecule has 26 heavy (non-hydrogen) atoms. The number of amides is 1. The topological polar surface area (TPSA) is 132 Å². The molecule has 0 aliphatic heterocycles. The van der Waals surface area contributed by atoms with Crippen LogP contribution in [0.5, 0.6) is 5.75 Å². The van der Waals surface area contributed by atoms with Gasteiger partial charge in [-0.05, 0) is 31.0 Å². The minimum atomic E-state index is -1.86. The van der Waals surface area contributed by atoms with Crippen LogP contribution >= 0.6 is 0 Å². The second-order valence-corrected chi connectivity index (χ2v) is 6.07. The van der Waals surface area contributed by atoms with E-state index in [4.69, 9.17) is 14.9 Å². The van der Waals surface area contributed by atoms with Gasteiger partial charge in [0.1, 0.15) is 11.3 Å². The number of rotatable bonds is 8. The van der Waals surface area contributed by atoms with Gasteiger partial charge in [0, 0.05) is 17.0 Å². The minimum absolute atomic E-state index is 0.0939. The van der Waals surface area contributed by atoms with Crippen LogP contribution in [-0.4, -0.2) is 29.8 Å². The summed E-state index contributed by atoms with van der Waals surface area (Å²) < 4.78 is 10.3. The van der Waals surface area contributed by atoms with E-state index in [0.29, 0.717) is 23.1 Å². The van der Waals surface area contributed by atoms with Gasteiger partial charge in [0.25, 0.3) is 0 Å². The number of aliphatic carboxylic acids is 1. The second-order valence-electron chi connectivity index (χ2n) is 6.07. The standard InChI is InChI=1S/C18H22N2O6/c1-3-4-7-18(19,17(23)24)20-15(21)9-12-8-11-5-6-13(25-2)10-14(11)26-16(12)22/h5-6,8,10H,3-4,7,9,19H2,1-2H3,(H,20,21)(H,23,24). The molecule has 0 aliphatic rings. The van der Waals surface area contributed by atoms with Crippen LogP contribution in [-0.2, 0) is 16.0 Å². The molecule has 0 aliphatic carbocycles. The summed E-state index contributed by atoms with van der Waals surface area (Å²) in [4.78, 5) is 35.7. The number of nitrogens with two attached hydrogens (primary N) is 1. The van der Waals surface area contributed by atoms with Crippen LogP contribution in [0.4, 0.5) is 0 Å². The number of unbranched alkanes of at least 4 members (excludes halogenated alkanes) is 1. The number of carbonyl (C=O) groups excluding carboxylic acids is 1. The molecule has 4 N–H and O–H groups in total. The first-order valence-corrected chi connectivity index (χ1v) is 8.23. The average molecular weight is 362 g/mol. The van der Waals surface area contributed by atoms with Gasteiger partial charge in [-0.15, -0.1) is 0 Å². The Kier molecular flexibility index (Phi) is 5.99. The number of carboxylic acids is 1. The maximum atomic E-state index is 12.2. The molecule has 8 heteroatoms. The maximum Gasteiger partial charge on any atom is 0.344 e. The molecule has 0 spiro atoms. The number of hydrogen-bond donors (Lipinski definition) is 3. The van der Waals surface area contributed by atoms with Gasteiger partial charge < -0.3 is 19.6 Å². The molecule has 0 radical (unpaired) electrons. The number of nitrogens with one attached hydrogen (secondary N) is 1. The molecule has 2 rings (SSSR count). The van der Waals surface area contributed by atoms with Crippen LogP contribution in [0.3, 0.4) is 0 Å². The van der Waals surface area contributed by atoms with Crippen molar-refractivity contribution in [1.82, 2.24) is 5.32 Å². The lowest BCUT2D eigenvalue weighted by atomic mass is 10.0. The summed E-state index contributed by atoms with van der Waals surface area (Å²) in [6, 6.07) is 6.50. The third-order valence-electron chi connectivity index (χ3n) is 4.04. The van der Waals surface area contributed by atoms with Gasteiger partial charge in [0.2, 0.25) is 5.91 Å². The van der Waals surface area contributed by atoms with E-state index >= 15 is 0 Å². The molecule has 1 unspecified atom stereocenters. The molecule has 1 aromatic heterocycles. The van der Waals surface area contributed by atoms with E-state index in [2.05, 4.69) is 5.32 Å². The number of benzene rings is 1. The van der Waals surface area contributed by atoms with Crippen molar-refractivity contribution >= 4 is 22.8 Å². The fourth-order valence-corrected chi connectivity index (χ4v) is 2.53. The van der Waals surface area contributed by atoms with Crippen LogP contribution in [0.25, 0.3) is 11.0 Å². The second kappa shape index (κ2) is 8.01. The van der Waals surface area contributed by atoms with Crippen molar-refractivity contribution in [2.75, 3.05) is 7.11 Å². The molecule has 2 aromatic rings. The Bertz CT molecular complexity index is 876. The molecular weight excluding hydrogens is 340 g/mol. The lowest BCUT2D eigenvalue weighted by Gasteiger charge is -2.25. The Morgan fingerprint density at radius 1 is 1.35 bits per heavy atom. The molecular formula is C18H22N2O6. The van der Waals surface area contributed by atoms with Crippen molar-refractivity contribution in [1.29, 1.82) is 0 Å². The van der Waals surface area contributed by atoms with Crippen molar-refractivity contribution in [2.24, 2.45) is 5.73 Å². The number of carbonyl (C=O) groups is 2. The number of fused-ring (bicyclic) bond motifs is 1. The maximum absolute atomic E-state index is 12.2. The summed E-state index contributed by atoms with van der Waals surface area (Å²) in [5.41, 5.74) is 3.71. The third kappa shape index (κ3) is 4.40. The zero-order chi connectivity index (χ0) is 19.3. The van der Waals surface area contributed by atoms with E-state index in [9.17, 15) is 19.5 Å². The summed E-state index contributed by atoms with van der Waals surface area (Å²) in [7, 11) is 1.50. The summed E-state index contributed by atoms with van der Waals surface area (Å²) in [5.74, 6) is -1.44. The van der Waals surface area contributed by atoms with Crippen molar-refractivity contribution in [3.8, 4) is 5.75 Å². The highest BCUT2D eigenvalue weighted by atomic mass is 16.5. The van der Waals surface area contributed by atoms with Gasteiger partial charge in [-0.1, -0.05) is 13.3 Å².